The number of epoxide rings is 1. The summed E-state index contributed by atoms with van der Waals surface area (Å²) in [5, 5.41) is 0. The van der Waals surface area contributed by atoms with E-state index in [1.54, 1.807) is 6.92 Å². The number of rotatable bonds is 6. The molecule has 5 nitrogen and oxygen atoms in total. The van der Waals surface area contributed by atoms with Gasteiger partial charge in [-0.05, 0) is 85.4 Å². The zero-order valence-corrected chi connectivity index (χ0v) is 23.0. The van der Waals surface area contributed by atoms with E-state index in [1.807, 2.05) is 0 Å². The number of carbonyl (C=O) groups is 2. The molecule has 0 bridgehead atoms. The fourth-order valence-electron chi connectivity index (χ4n) is 10.5. The first-order valence-corrected chi connectivity index (χ1v) is 14.5. The summed E-state index contributed by atoms with van der Waals surface area (Å²) in [5.74, 6) is 3.90. The molecule has 0 N–H and O–H groups in total. The standard InChI is InChI=1S/C30H48O5/c1-8-19-22-15-16(2)13-14-29(22,5)25-24(26(19)34-18(4)31)21-11-10-20(17(3)9-12-23(32)33-7)30(21,6)28-27(25)35-28/h16-17,19-22,24-28H,8-15H2,1-7H3/t16-,17-,19-,20-,21?,22+,24?,25?,26-,27-,28-,29+,30-/m1/s1. The van der Waals surface area contributed by atoms with E-state index in [2.05, 4.69) is 34.6 Å². The van der Waals surface area contributed by atoms with Gasteiger partial charge in [0.2, 0.25) is 0 Å². The summed E-state index contributed by atoms with van der Waals surface area (Å²) < 4.78 is 18.0. The molecule has 0 aromatic rings. The van der Waals surface area contributed by atoms with Crippen LogP contribution in [0.4, 0.5) is 0 Å². The number of fused-ring (bicyclic) bond motifs is 8. The average molecular weight is 489 g/mol. The summed E-state index contributed by atoms with van der Waals surface area (Å²) in [6.45, 7) is 13.7. The molecule has 13 atom stereocenters. The molecule has 1 aliphatic heterocycles. The van der Waals surface area contributed by atoms with Crippen molar-refractivity contribution in [2.75, 3.05) is 7.11 Å². The molecular weight excluding hydrogens is 440 g/mol. The SMILES string of the molecule is CC[C@H]1[C@@H](OC(C)=O)C2C3CC[C@H]([C@H](C)CCC(=O)OC)[C@@]3(C)[C@@H]3O[C@@H]3C2[C@@]2(C)CC[C@@H](C)C[C@@H]12. The van der Waals surface area contributed by atoms with Crippen molar-refractivity contribution in [3.63, 3.8) is 0 Å². The first-order valence-electron chi connectivity index (χ1n) is 14.5. The monoisotopic (exact) mass is 488 g/mol. The van der Waals surface area contributed by atoms with E-state index in [-0.39, 0.29) is 28.9 Å². The van der Waals surface area contributed by atoms with Crippen molar-refractivity contribution in [2.45, 2.75) is 111 Å². The van der Waals surface area contributed by atoms with Crippen LogP contribution in [0.3, 0.4) is 0 Å². The summed E-state index contributed by atoms with van der Waals surface area (Å²) in [4.78, 5) is 24.3. The maximum atomic E-state index is 12.5. The average Bonchev–Trinajstić information content (AvgIpc) is 3.54. The van der Waals surface area contributed by atoms with Crippen molar-refractivity contribution < 1.29 is 23.8 Å². The molecular formula is C30H48O5. The molecule has 0 aromatic carbocycles. The molecule has 5 rings (SSSR count). The van der Waals surface area contributed by atoms with Gasteiger partial charge in [0.15, 0.2) is 0 Å². The van der Waals surface area contributed by atoms with Crippen molar-refractivity contribution in [3.8, 4) is 0 Å². The Morgan fingerprint density at radius 2 is 1.89 bits per heavy atom. The van der Waals surface area contributed by atoms with Crippen LogP contribution in [0, 0.1) is 58.2 Å². The summed E-state index contributed by atoms with van der Waals surface area (Å²) in [6, 6.07) is 0. The quantitative estimate of drug-likeness (QED) is 0.337. The number of carbonyl (C=O) groups excluding carboxylic acids is 2. The lowest BCUT2D eigenvalue weighted by Gasteiger charge is -2.64. The molecule has 5 aliphatic rings. The van der Waals surface area contributed by atoms with Gasteiger partial charge in [-0.3, -0.25) is 9.59 Å². The van der Waals surface area contributed by atoms with E-state index in [9.17, 15) is 9.59 Å². The Kier molecular flexibility index (Phi) is 6.59. The molecule has 35 heavy (non-hydrogen) atoms. The topological polar surface area (TPSA) is 65.1 Å². The minimum Gasteiger partial charge on any atom is -0.469 e. The molecule has 0 amide bonds. The molecule has 1 heterocycles. The third-order valence-electron chi connectivity index (χ3n) is 12.0. The van der Waals surface area contributed by atoms with Crippen molar-refractivity contribution in [3.05, 3.63) is 0 Å². The lowest BCUT2D eigenvalue weighted by Crippen LogP contribution is -2.65. The van der Waals surface area contributed by atoms with E-state index in [0.29, 0.717) is 60.1 Å². The number of ether oxygens (including phenoxy) is 3. The van der Waals surface area contributed by atoms with E-state index in [1.165, 1.54) is 39.2 Å². The van der Waals surface area contributed by atoms with Gasteiger partial charge in [0.25, 0.3) is 0 Å². The van der Waals surface area contributed by atoms with E-state index in [0.717, 1.165) is 18.8 Å². The Labute approximate surface area is 212 Å². The third kappa shape index (κ3) is 3.80. The number of esters is 2. The van der Waals surface area contributed by atoms with Gasteiger partial charge in [-0.25, -0.2) is 0 Å². The molecule has 4 saturated carbocycles. The van der Waals surface area contributed by atoms with Crippen LogP contribution in [-0.2, 0) is 23.8 Å². The van der Waals surface area contributed by atoms with Crippen LogP contribution < -0.4 is 0 Å². The highest BCUT2D eigenvalue weighted by molar-refractivity contribution is 5.69. The third-order valence-corrected chi connectivity index (χ3v) is 12.0. The Bertz CT molecular complexity index is 841. The lowest BCUT2D eigenvalue weighted by molar-refractivity contribution is -0.207. The summed E-state index contributed by atoms with van der Waals surface area (Å²) in [5.41, 5.74) is 0.354. The second-order valence-electron chi connectivity index (χ2n) is 13.5. The van der Waals surface area contributed by atoms with Gasteiger partial charge in [0, 0.05) is 24.7 Å². The Morgan fingerprint density at radius 3 is 2.54 bits per heavy atom. The van der Waals surface area contributed by atoms with Crippen LogP contribution >= 0.6 is 0 Å². The minimum absolute atomic E-state index is 0.00414. The van der Waals surface area contributed by atoms with E-state index in [4.69, 9.17) is 14.2 Å². The molecule has 1 saturated heterocycles. The Hall–Kier alpha value is -1.10. The zero-order valence-electron chi connectivity index (χ0n) is 23.0. The number of methoxy groups -OCH3 is 1. The van der Waals surface area contributed by atoms with Crippen molar-refractivity contribution in [2.24, 2.45) is 58.2 Å². The minimum atomic E-state index is -0.124. The van der Waals surface area contributed by atoms with Gasteiger partial charge in [-0.2, -0.15) is 0 Å². The molecule has 198 valence electrons. The van der Waals surface area contributed by atoms with Gasteiger partial charge < -0.3 is 14.2 Å². The van der Waals surface area contributed by atoms with Crippen LogP contribution in [0.5, 0.6) is 0 Å². The smallest absolute Gasteiger partial charge is 0.305 e. The van der Waals surface area contributed by atoms with E-state index >= 15 is 0 Å². The van der Waals surface area contributed by atoms with Crippen molar-refractivity contribution in [1.29, 1.82) is 0 Å². The van der Waals surface area contributed by atoms with Crippen LogP contribution in [-0.4, -0.2) is 37.4 Å². The van der Waals surface area contributed by atoms with E-state index < -0.39 is 0 Å². The Morgan fingerprint density at radius 1 is 1.14 bits per heavy atom. The highest BCUT2D eigenvalue weighted by Gasteiger charge is 2.76. The normalized spacial score (nSPS) is 50.7. The summed E-state index contributed by atoms with van der Waals surface area (Å²) >= 11 is 0. The van der Waals surface area contributed by atoms with Gasteiger partial charge in [-0.15, -0.1) is 0 Å². The molecule has 5 heteroatoms. The van der Waals surface area contributed by atoms with Gasteiger partial charge in [0.1, 0.15) is 6.10 Å². The van der Waals surface area contributed by atoms with Crippen molar-refractivity contribution in [1.82, 2.24) is 0 Å². The predicted molar refractivity (Wildman–Crippen MR) is 134 cm³/mol. The predicted octanol–water partition coefficient (Wildman–Crippen LogP) is 6.04. The first-order chi connectivity index (χ1) is 16.6. The Balaban J connectivity index is 1.51. The zero-order chi connectivity index (χ0) is 25.3. The summed E-state index contributed by atoms with van der Waals surface area (Å²) in [7, 11) is 1.48. The van der Waals surface area contributed by atoms with Crippen LogP contribution in [0.1, 0.15) is 92.9 Å². The lowest BCUT2D eigenvalue weighted by atomic mass is 9.41. The van der Waals surface area contributed by atoms with Gasteiger partial charge in [-0.1, -0.05) is 41.0 Å². The molecule has 0 spiro atoms. The van der Waals surface area contributed by atoms with Gasteiger partial charge in [0.05, 0.1) is 19.3 Å². The molecule has 3 unspecified atom stereocenters. The molecule has 4 aliphatic carbocycles. The van der Waals surface area contributed by atoms with Crippen LogP contribution in [0.15, 0.2) is 0 Å². The molecule has 5 fully saturated rings. The highest BCUT2D eigenvalue weighted by atomic mass is 16.6. The fraction of sp³-hybridized carbons (Fsp3) is 0.933. The maximum absolute atomic E-state index is 12.5. The molecule has 0 aromatic heterocycles. The number of hydrogen-bond acceptors (Lipinski definition) is 5. The highest BCUT2D eigenvalue weighted by Crippen LogP contribution is 2.74. The summed E-state index contributed by atoms with van der Waals surface area (Å²) in [6.07, 6.45) is 9.24. The fourth-order valence-corrected chi connectivity index (χ4v) is 10.5. The van der Waals surface area contributed by atoms with Crippen LogP contribution in [0.2, 0.25) is 0 Å². The largest absolute Gasteiger partial charge is 0.469 e. The number of hydrogen-bond donors (Lipinski definition) is 0. The van der Waals surface area contributed by atoms with Crippen LogP contribution in [0.25, 0.3) is 0 Å². The maximum Gasteiger partial charge on any atom is 0.305 e. The first kappa shape index (κ1) is 25.5. The van der Waals surface area contributed by atoms with Gasteiger partial charge >= 0.3 is 11.9 Å². The molecule has 0 radical (unpaired) electrons. The second kappa shape index (κ2) is 9.03. The second-order valence-corrected chi connectivity index (χ2v) is 13.5. The van der Waals surface area contributed by atoms with Crippen molar-refractivity contribution >= 4 is 11.9 Å².